The lowest BCUT2D eigenvalue weighted by Crippen LogP contribution is -2.57. The molecule has 3 aromatic rings. The van der Waals surface area contributed by atoms with Crippen molar-refractivity contribution in [2.24, 2.45) is 22.1 Å². The number of aliphatic hydroxyl groups excluding tert-OH is 1. The SMILES string of the molecule is CC[C@H](C)[C@@H](C(=O)N[C@@H](Cc1ccccc1)[C@H](O)CN(CC(C)C)S(=O)(=O)c1ccc(C=NO)cc1)N1CC(=O)N(Cc2ccnc(C(C)=NO)c2)C1=O. The summed E-state index contributed by atoms with van der Waals surface area (Å²) in [5.41, 5.74) is 2.46. The Balaban J connectivity index is 1.62. The molecule has 4 rings (SSSR count). The number of pyridine rings is 1. The van der Waals surface area contributed by atoms with Gasteiger partial charge in [0.05, 0.1) is 35.5 Å². The van der Waals surface area contributed by atoms with Crippen LogP contribution in [0.2, 0.25) is 0 Å². The number of aliphatic hydroxyl groups is 1. The molecule has 0 unspecified atom stereocenters. The molecule has 4 amide bonds. The van der Waals surface area contributed by atoms with Gasteiger partial charge in [-0.25, -0.2) is 13.2 Å². The first-order valence-corrected chi connectivity index (χ1v) is 19.2. The second-order valence-electron chi connectivity index (χ2n) is 13.9. The van der Waals surface area contributed by atoms with E-state index < -0.39 is 52.0 Å². The molecule has 1 aromatic heterocycles. The molecule has 2 heterocycles. The molecule has 0 bridgehead atoms. The molecular weight excluding hydrogens is 715 g/mol. The molecule has 0 saturated carbocycles. The van der Waals surface area contributed by atoms with Crippen molar-refractivity contribution in [2.45, 2.75) is 77.1 Å². The molecule has 4 atom stereocenters. The Labute approximate surface area is 316 Å². The van der Waals surface area contributed by atoms with Crippen molar-refractivity contribution in [2.75, 3.05) is 19.6 Å². The van der Waals surface area contributed by atoms with Crippen LogP contribution in [0.3, 0.4) is 0 Å². The quantitative estimate of drug-likeness (QED) is 0.0644. The van der Waals surface area contributed by atoms with E-state index in [1.165, 1.54) is 45.9 Å². The summed E-state index contributed by atoms with van der Waals surface area (Å²) in [5.74, 6) is -1.60. The fourth-order valence-electron chi connectivity index (χ4n) is 6.24. The summed E-state index contributed by atoms with van der Waals surface area (Å²) in [5, 5.41) is 38.9. The molecule has 290 valence electrons. The van der Waals surface area contributed by atoms with Crippen LogP contribution in [0.1, 0.15) is 63.4 Å². The third-order valence-electron chi connectivity index (χ3n) is 9.33. The van der Waals surface area contributed by atoms with Gasteiger partial charge in [0.2, 0.25) is 15.9 Å². The van der Waals surface area contributed by atoms with Gasteiger partial charge in [-0.1, -0.05) is 86.9 Å². The summed E-state index contributed by atoms with van der Waals surface area (Å²) < 4.78 is 29.0. The summed E-state index contributed by atoms with van der Waals surface area (Å²) >= 11 is 0. The molecule has 4 N–H and O–H groups in total. The Morgan fingerprint density at radius 2 is 1.70 bits per heavy atom. The second kappa shape index (κ2) is 18.7. The molecule has 15 nitrogen and oxygen atoms in total. The highest BCUT2D eigenvalue weighted by atomic mass is 32.2. The summed E-state index contributed by atoms with van der Waals surface area (Å²) in [7, 11) is -4.12. The molecule has 1 aliphatic rings. The number of oxime groups is 2. The number of hydrogen-bond donors (Lipinski definition) is 4. The number of sulfonamides is 1. The Bertz CT molecular complexity index is 1920. The van der Waals surface area contributed by atoms with Crippen molar-refractivity contribution in [3.8, 4) is 0 Å². The van der Waals surface area contributed by atoms with Crippen molar-refractivity contribution in [1.29, 1.82) is 0 Å². The molecule has 2 aromatic carbocycles. The van der Waals surface area contributed by atoms with Crippen LogP contribution in [-0.2, 0) is 32.6 Å². The van der Waals surface area contributed by atoms with E-state index in [1.807, 2.05) is 51.1 Å². The van der Waals surface area contributed by atoms with Crippen molar-refractivity contribution in [3.05, 3.63) is 95.3 Å². The lowest BCUT2D eigenvalue weighted by Gasteiger charge is -2.34. The average Bonchev–Trinajstić information content (AvgIpc) is 3.42. The van der Waals surface area contributed by atoms with Gasteiger partial charge in [-0.15, -0.1) is 0 Å². The molecule has 1 saturated heterocycles. The van der Waals surface area contributed by atoms with Crippen LogP contribution in [0.25, 0.3) is 0 Å². The van der Waals surface area contributed by atoms with E-state index in [1.54, 1.807) is 26.0 Å². The van der Waals surface area contributed by atoms with E-state index in [4.69, 9.17) is 10.4 Å². The number of carbonyl (C=O) groups is 3. The van der Waals surface area contributed by atoms with Gasteiger partial charge in [-0.05, 0) is 66.1 Å². The summed E-state index contributed by atoms with van der Waals surface area (Å²) in [6, 6.07) is 15.4. The first-order chi connectivity index (χ1) is 25.7. The van der Waals surface area contributed by atoms with Crippen LogP contribution < -0.4 is 5.32 Å². The molecule has 0 radical (unpaired) electrons. The minimum Gasteiger partial charge on any atom is -0.411 e. The van der Waals surface area contributed by atoms with E-state index >= 15 is 0 Å². The van der Waals surface area contributed by atoms with E-state index in [0.29, 0.717) is 23.2 Å². The highest BCUT2D eigenvalue weighted by Gasteiger charge is 2.45. The number of aromatic nitrogens is 1. The van der Waals surface area contributed by atoms with Gasteiger partial charge >= 0.3 is 6.03 Å². The maximum absolute atomic E-state index is 14.3. The Morgan fingerprint density at radius 3 is 2.31 bits per heavy atom. The maximum Gasteiger partial charge on any atom is 0.328 e. The molecule has 1 fully saturated rings. The number of urea groups is 1. The zero-order chi connectivity index (χ0) is 39.6. The number of nitrogens with one attached hydrogen (secondary N) is 1. The Kier molecular flexibility index (Phi) is 14.4. The normalized spacial score (nSPS) is 16.3. The number of carbonyl (C=O) groups excluding carboxylic acids is 3. The minimum absolute atomic E-state index is 0.0210. The minimum atomic E-state index is -4.12. The number of nitrogens with zero attached hydrogens (tertiary/aromatic N) is 6. The van der Waals surface area contributed by atoms with Gasteiger partial charge in [0, 0.05) is 19.3 Å². The number of rotatable bonds is 18. The predicted molar refractivity (Wildman–Crippen MR) is 202 cm³/mol. The predicted octanol–water partition coefficient (Wildman–Crippen LogP) is 3.70. The van der Waals surface area contributed by atoms with Crippen LogP contribution in [-0.4, -0.2) is 111 Å². The van der Waals surface area contributed by atoms with E-state index in [2.05, 4.69) is 20.6 Å². The fourth-order valence-corrected chi connectivity index (χ4v) is 7.86. The van der Waals surface area contributed by atoms with Crippen LogP contribution >= 0.6 is 0 Å². The largest absolute Gasteiger partial charge is 0.411 e. The van der Waals surface area contributed by atoms with Gasteiger partial charge < -0.3 is 25.7 Å². The summed E-state index contributed by atoms with van der Waals surface area (Å²) in [6.07, 6.45) is 1.89. The van der Waals surface area contributed by atoms with Gasteiger partial charge in [0.25, 0.3) is 5.91 Å². The van der Waals surface area contributed by atoms with E-state index in [-0.39, 0.29) is 49.1 Å². The van der Waals surface area contributed by atoms with E-state index in [9.17, 15) is 27.9 Å². The lowest BCUT2D eigenvalue weighted by molar-refractivity contribution is -0.129. The molecule has 16 heteroatoms. The van der Waals surface area contributed by atoms with Gasteiger partial charge in [0.15, 0.2) is 0 Å². The maximum atomic E-state index is 14.3. The molecular formula is C38H49N7O8S. The van der Waals surface area contributed by atoms with Crippen LogP contribution in [0.4, 0.5) is 4.79 Å². The molecule has 0 aliphatic carbocycles. The average molecular weight is 764 g/mol. The number of benzene rings is 2. The Hall–Kier alpha value is -5.19. The highest BCUT2D eigenvalue weighted by Crippen LogP contribution is 2.25. The van der Waals surface area contributed by atoms with E-state index in [0.717, 1.165) is 10.5 Å². The third-order valence-corrected chi connectivity index (χ3v) is 11.2. The third kappa shape index (κ3) is 10.3. The summed E-state index contributed by atoms with van der Waals surface area (Å²) in [4.78, 5) is 47.9. The Morgan fingerprint density at radius 1 is 1.02 bits per heavy atom. The van der Waals surface area contributed by atoms with Crippen LogP contribution in [0.5, 0.6) is 0 Å². The monoisotopic (exact) mass is 763 g/mol. The first-order valence-electron chi connectivity index (χ1n) is 17.7. The van der Waals surface area contributed by atoms with Crippen molar-refractivity contribution < 1.29 is 38.3 Å². The van der Waals surface area contributed by atoms with Crippen LogP contribution in [0.15, 0.2) is 88.1 Å². The zero-order valence-electron chi connectivity index (χ0n) is 31.1. The van der Waals surface area contributed by atoms with Gasteiger partial charge in [0.1, 0.15) is 18.3 Å². The van der Waals surface area contributed by atoms with Gasteiger partial charge in [-0.3, -0.25) is 19.5 Å². The smallest absolute Gasteiger partial charge is 0.328 e. The lowest BCUT2D eigenvalue weighted by atomic mass is 9.95. The van der Waals surface area contributed by atoms with Crippen molar-refractivity contribution in [1.82, 2.24) is 24.4 Å². The first kappa shape index (κ1) is 41.6. The standard InChI is InChI=1S/C38H49N7O8S/c1-6-26(4)36(45-24-35(47)44(38(45)49)22-30-16-17-39-32(19-30)27(5)42-51)37(48)41-33(18-28-10-8-7-9-11-28)34(46)23-43(21-25(2)3)54(52,53)31-14-12-29(13-15-31)20-40-50/h7-17,19-20,25-26,33-34,36,46,50-51H,6,18,21-24H2,1-5H3,(H,41,48)/t26-,33-,34+,36-/m0/s1. The highest BCUT2D eigenvalue weighted by molar-refractivity contribution is 7.89. The van der Waals surface area contributed by atoms with Crippen LogP contribution in [0, 0.1) is 11.8 Å². The second-order valence-corrected chi connectivity index (χ2v) is 15.8. The number of amides is 4. The number of hydrogen-bond acceptors (Lipinski definition) is 11. The molecule has 0 spiro atoms. The van der Waals surface area contributed by atoms with Crippen molar-refractivity contribution >= 4 is 39.8 Å². The van der Waals surface area contributed by atoms with Gasteiger partial charge in [-0.2, -0.15) is 4.31 Å². The summed E-state index contributed by atoms with van der Waals surface area (Å²) in [6.45, 7) is 8.22. The fraction of sp³-hybridized carbons (Fsp3) is 0.421. The molecule has 1 aliphatic heterocycles. The topological polar surface area (TPSA) is 205 Å². The number of imide groups is 1. The van der Waals surface area contributed by atoms with Crippen molar-refractivity contribution in [3.63, 3.8) is 0 Å². The molecule has 54 heavy (non-hydrogen) atoms. The zero-order valence-corrected chi connectivity index (χ0v) is 31.9.